The standard InChI is InChI=1S/C11H10F3NO2/c12-11(13,14)9(16)15-6-10(17,7-15)8-4-2-1-3-5-8/h1-5,17H,6-7H2. The van der Waals surface area contributed by atoms with Gasteiger partial charge in [-0.15, -0.1) is 0 Å². The van der Waals surface area contributed by atoms with Crippen LogP contribution in [0.15, 0.2) is 30.3 Å². The minimum atomic E-state index is -4.88. The number of likely N-dealkylation sites (tertiary alicyclic amines) is 1. The SMILES string of the molecule is O=C(N1CC(O)(c2ccccc2)C1)C(F)(F)F. The Morgan fingerprint density at radius 2 is 1.76 bits per heavy atom. The van der Waals surface area contributed by atoms with Gasteiger partial charge in [0.25, 0.3) is 0 Å². The molecule has 17 heavy (non-hydrogen) atoms. The minimum Gasteiger partial charge on any atom is -0.381 e. The molecule has 1 aromatic rings. The van der Waals surface area contributed by atoms with Crippen LogP contribution in [0.1, 0.15) is 5.56 Å². The molecule has 1 aliphatic rings. The Bertz CT molecular complexity index is 424. The monoisotopic (exact) mass is 245 g/mol. The number of hydrogen-bond acceptors (Lipinski definition) is 2. The molecule has 3 nitrogen and oxygen atoms in total. The molecular weight excluding hydrogens is 235 g/mol. The van der Waals surface area contributed by atoms with E-state index >= 15 is 0 Å². The summed E-state index contributed by atoms with van der Waals surface area (Å²) in [6, 6.07) is 8.35. The van der Waals surface area contributed by atoms with Crippen LogP contribution in [0.4, 0.5) is 13.2 Å². The van der Waals surface area contributed by atoms with Gasteiger partial charge in [-0.25, -0.2) is 0 Å². The Hall–Kier alpha value is -1.56. The van der Waals surface area contributed by atoms with Crippen molar-refractivity contribution in [2.75, 3.05) is 13.1 Å². The highest BCUT2D eigenvalue weighted by atomic mass is 19.4. The Balaban J connectivity index is 2.06. The fraction of sp³-hybridized carbons (Fsp3) is 0.364. The van der Waals surface area contributed by atoms with E-state index in [2.05, 4.69) is 0 Å². The third-order valence-electron chi connectivity index (χ3n) is 2.75. The smallest absolute Gasteiger partial charge is 0.381 e. The van der Waals surface area contributed by atoms with Gasteiger partial charge >= 0.3 is 12.1 Å². The van der Waals surface area contributed by atoms with E-state index in [1.165, 1.54) is 0 Å². The fourth-order valence-electron chi connectivity index (χ4n) is 1.84. The summed E-state index contributed by atoms with van der Waals surface area (Å²) in [5, 5.41) is 10.0. The molecule has 1 amide bonds. The van der Waals surface area contributed by atoms with Gasteiger partial charge in [0.2, 0.25) is 0 Å². The highest BCUT2D eigenvalue weighted by Crippen LogP contribution is 2.34. The maximum Gasteiger partial charge on any atom is 0.471 e. The van der Waals surface area contributed by atoms with E-state index < -0.39 is 17.7 Å². The summed E-state index contributed by atoms with van der Waals surface area (Å²) in [7, 11) is 0. The normalized spacial score (nSPS) is 18.7. The van der Waals surface area contributed by atoms with Crippen molar-refractivity contribution in [3.63, 3.8) is 0 Å². The zero-order valence-electron chi connectivity index (χ0n) is 8.74. The number of β-amino-alcohol motifs (C(OH)–C–C–N with tert-alkyl or cyclic N) is 1. The third kappa shape index (κ3) is 2.12. The van der Waals surface area contributed by atoms with Gasteiger partial charge in [-0.2, -0.15) is 13.2 Å². The van der Waals surface area contributed by atoms with E-state index in [9.17, 15) is 23.1 Å². The second-order valence-corrected chi connectivity index (χ2v) is 4.06. The third-order valence-corrected chi connectivity index (χ3v) is 2.75. The summed E-state index contributed by atoms with van der Waals surface area (Å²) in [4.78, 5) is 11.4. The van der Waals surface area contributed by atoms with Crippen molar-refractivity contribution >= 4 is 5.91 Å². The molecule has 1 heterocycles. The predicted octanol–water partition coefficient (Wildman–Crippen LogP) is 1.28. The second-order valence-electron chi connectivity index (χ2n) is 4.06. The Morgan fingerprint density at radius 3 is 2.24 bits per heavy atom. The van der Waals surface area contributed by atoms with E-state index in [-0.39, 0.29) is 13.1 Å². The molecule has 6 heteroatoms. The number of amides is 1. The molecule has 1 fully saturated rings. The molecule has 0 atom stereocenters. The lowest BCUT2D eigenvalue weighted by atomic mass is 9.86. The summed E-state index contributed by atoms with van der Waals surface area (Å²) in [5.74, 6) is -1.90. The van der Waals surface area contributed by atoms with Crippen LogP contribution in [-0.2, 0) is 10.4 Å². The molecule has 2 rings (SSSR count). The molecule has 92 valence electrons. The first-order chi connectivity index (χ1) is 7.83. The van der Waals surface area contributed by atoms with Crippen LogP contribution in [0, 0.1) is 0 Å². The molecule has 1 saturated heterocycles. The summed E-state index contributed by atoms with van der Waals surface area (Å²) < 4.78 is 36.3. The van der Waals surface area contributed by atoms with Gasteiger partial charge in [0.1, 0.15) is 5.60 Å². The zero-order valence-corrected chi connectivity index (χ0v) is 8.74. The van der Waals surface area contributed by atoms with Crippen molar-refractivity contribution in [2.24, 2.45) is 0 Å². The summed E-state index contributed by atoms with van der Waals surface area (Å²) in [6.07, 6.45) is -4.88. The average molecular weight is 245 g/mol. The largest absolute Gasteiger partial charge is 0.471 e. The summed E-state index contributed by atoms with van der Waals surface area (Å²) in [5.41, 5.74) is -0.839. The second kappa shape index (κ2) is 3.73. The van der Waals surface area contributed by atoms with E-state index in [0.29, 0.717) is 10.5 Å². The van der Waals surface area contributed by atoms with Gasteiger partial charge < -0.3 is 10.0 Å². The number of carbonyl (C=O) groups is 1. The Kier molecular flexibility index (Phi) is 2.61. The molecule has 0 spiro atoms. The number of benzene rings is 1. The van der Waals surface area contributed by atoms with E-state index in [1.807, 2.05) is 0 Å². The molecule has 1 aromatic carbocycles. The van der Waals surface area contributed by atoms with Gasteiger partial charge in [0.15, 0.2) is 0 Å². The van der Waals surface area contributed by atoms with Crippen molar-refractivity contribution < 1.29 is 23.1 Å². The average Bonchev–Trinajstić information content (AvgIpc) is 2.24. The molecule has 1 aliphatic heterocycles. The van der Waals surface area contributed by atoms with Gasteiger partial charge in [-0.05, 0) is 5.56 Å². The van der Waals surface area contributed by atoms with Crippen LogP contribution in [0.25, 0.3) is 0 Å². The maximum atomic E-state index is 12.1. The number of hydrogen-bond donors (Lipinski definition) is 1. The van der Waals surface area contributed by atoms with E-state index in [0.717, 1.165) is 0 Å². The first kappa shape index (κ1) is 11.9. The maximum absolute atomic E-state index is 12.1. The van der Waals surface area contributed by atoms with E-state index in [1.54, 1.807) is 30.3 Å². The Labute approximate surface area is 95.5 Å². The molecule has 0 bridgehead atoms. The summed E-state index contributed by atoms with van der Waals surface area (Å²) >= 11 is 0. The lowest BCUT2D eigenvalue weighted by Crippen LogP contribution is -2.63. The van der Waals surface area contributed by atoms with Gasteiger partial charge in [0.05, 0.1) is 13.1 Å². The molecule has 0 radical (unpaired) electrons. The van der Waals surface area contributed by atoms with Crippen molar-refractivity contribution in [3.05, 3.63) is 35.9 Å². The quantitative estimate of drug-likeness (QED) is 0.809. The molecule has 0 aliphatic carbocycles. The van der Waals surface area contributed by atoms with Crippen LogP contribution >= 0.6 is 0 Å². The number of carbonyl (C=O) groups excluding carboxylic acids is 1. The summed E-state index contributed by atoms with van der Waals surface area (Å²) in [6.45, 7) is -0.648. The van der Waals surface area contributed by atoms with Gasteiger partial charge in [-0.3, -0.25) is 4.79 Å². The predicted molar refractivity (Wildman–Crippen MR) is 53.0 cm³/mol. The number of aliphatic hydroxyl groups is 1. The molecule has 0 unspecified atom stereocenters. The number of alkyl halides is 3. The number of rotatable bonds is 1. The zero-order chi connectivity index (χ0) is 12.7. The van der Waals surface area contributed by atoms with Crippen LogP contribution < -0.4 is 0 Å². The lowest BCUT2D eigenvalue weighted by molar-refractivity contribution is -0.204. The fourth-order valence-corrected chi connectivity index (χ4v) is 1.84. The van der Waals surface area contributed by atoms with Gasteiger partial charge in [0, 0.05) is 0 Å². The Morgan fingerprint density at radius 1 is 1.24 bits per heavy atom. The molecule has 1 N–H and O–H groups in total. The van der Waals surface area contributed by atoms with Crippen LogP contribution in [0.2, 0.25) is 0 Å². The first-order valence-corrected chi connectivity index (χ1v) is 4.97. The number of nitrogens with zero attached hydrogens (tertiary/aromatic N) is 1. The van der Waals surface area contributed by atoms with Gasteiger partial charge in [-0.1, -0.05) is 30.3 Å². The minimum absolute atomic E-state index is 0.324. The van der Waals surface area contributed by atoms with Crippen molar-refractivity contribution in [2.45, 2.75) is 11.8 Å². The first-order valence-electron chi connectivity index (χ1n) is 4.97. The van der Waals surface area contributed by atoms with Crippen LogP contribution in [0.3, 0.4) is 0 Å². The highest BCUT2D eigenvalue weighted by Gasteiger charge is 2.52. The molecule has 0 saturated carbocycles. The highest BCUT2D eigenvalue weighted by molar-refractivity contribution is 5.83. The lowest BCUT2D eigenvalue weighted by Gasteiger charge is -2.46. The molecule has 0 aromatic heterocycles. The topological polar surface area (TPSA) is 40.5 Å². The molecular formula is C11H10F3NO2. The van der Waals surface area contributed by atoms with Crippen LogP contribution in [0.5, 0.6) is 0 Å². The van der Waals surface area contributed by atoms with Crippen molar-refractivity contribution in [3.8, 4) is 0 Å². The van der Waals surface area contributed by atoms with E-state index in [4.69, 9.17) is 0 Å². The van der Waals surface area contributed by atoms with Crippen LogP contribution in [-0.4, -0.2) is 35.2 Å². The van der Waals surface area contributed by atoms with Crippen molar-refractivity contribution in [1.82, 2.24) is 4.90 Å². The van der Waals surface area contributed by atoms with Crippen molar-refractivity contribution in [1.29, 1.82) is 0 Å². The number of halogens is 3.